The van der Waals surface area contributed by atoms with Crippen LogP contribution in [0.1, 0.15) is 36.6 Å². The Labute approximate surface area is 210 Å². The van der Waals surface area contributed by atoms with Gasteiger partial charge in [0.15, 0.2) is 11.3 Å². The maximum atomic E-state index is 14.0. The highest BCUT2D eigenvalue weighted by Crippen LogP contribution is 2.47. The molecule has 0 unspecified atom stereocenters. The summed E-state index contributed by atoms with van der Waals surface area (Å²) in [5, 5.41) is 15.2. The maximum Gasteiger partial charge on any atom is 0.417 e. The molecule has 1 fully saturated rings. The second-order valence-corrected chi connectivity index (χ2v) is 10.2. The number of pyridine rings is 1. The maximum absolute atomic E-state index is 14.0. The molecular weight excluding hydrogens is 479 g/mol. The van der Waals surface area contributed by atoms with Crippen molar-refractivity contribution < 1.29 is 18.3 Å². The summed E-state index contributed by atoms with van der Waals surface area (Å²) < 4.78 is 43.6. The third-order valence-electron chi connectivity index (χ3n) is 7.03. The monoisotopic (exact) mass is 503 g/mol. The number of aromatic nitrogens is 4. The normalized spacial score (nSPS) is 21.9. The fourth-order valence-corrected chi connectivity index (χ4v) is 5.52. The first-order chi connectivity index (χ1) is 17.4. The second kappa shape index (κ2) is 7.84. The average Bonchev–Trinajstić information content (AvgIpc) is 3.22. The average molecular weight is 504 g/mol. The molecule has 0 atom stereocenters. The van der Waals surface area contributed by atoms with Crippen molar-refractivity contribution in [3.8, 4) is 22.4 Å². The fourth-order valence-electron chi connectivity index (χ4n) is 5.52. The second-order valence-electron chi connectivity index (χ2n) is 10.2. The van der Waals surface area contributed by atoms with Crippen LogP contribution in [-0.4, -0.2) is 30.3 Å². The lowest BCUT2D eigenvalue weighted by molar-refractivity contribution is -0.137. The van der Waals surface area contributed by atoms with Crippen molar-refractivity contribution in [2.24, 2.45) is 5.73 Å². The molecule has 1 aliphatic carbocycles. The lowest BCUT2D eigenvalue weighted by Crippen LogP contribution is -2.58. The van der Waals surface area contributed by atoms with Crippen LogP contribution in [0.15, 0.2) is 66.9 Å². The molecule has 6 rings (SSSR count). The predicted octanol–water partition coefficient (Wildman–Crippen LogP) is 5.64. The standard InChI is InChI=1S/C28H24F3N5O/c1-16-11-23-33-13-18-12-21(20-5-3-4-6-22(20)28(29,30)31)24(34-25(18)36(23)35-16)17-7-9-19(10-8-17)27(32)14-26(2,37)15-27/h3-13,37H,14-15,32H2,1-2H3/t26-,27-. The van der Waals surface area contributed by atoms with E-state index in [4.69, 9.17) is 10.7 Å². The smallest absolute Gasteiger partial charge is 0.390 e. The zero-order chi connectivity index (χ0) is 26.2. The van der Waals surface area contributed by atoms with Gasteiger partial charge in [0.25, 0.3) is 0 Å². The Hall–Kier alpha value is -3.82. The number of rotatable bonds is 3. The van der Waals surface area contributed by atoms with Crippen LogP contribution in [0.5, 0.6) is 0 Å². The molecule has 0 spiro atoms. The zero-order valence-corrected chi connectivity index (χ0v) is 20.2. The molecule has 0 aliphatic heterocycles. The van der Waals surface area contributed by atoms with Gasteiger partial charge in [-0.15, -0.1) is 0 Å². The fraction of sp³-hybridized carbons (Fsp3) is 0.250. The number of alkyl halides is 3. The number of nitrogens with zero attached hydrogens (tertiary/aromatic N) is 4. The summed E-state index contributed by atoms with van der Waals surface area (Å²) in [4.78, 5) is 9.27. The van der Waals surface area contributed by atoms with E-state index in [1.54, 1.807) is 29.8 Å². The van der Waals surface area contributed by atoms with Crippen molar-refractivity contribution in [1.29, 1.82) is 0 Å². The number of fused-ring (bicyclic) bond motifs is 3. The van der Waals surface area contributed by atoms with E-state index in [1.165, 1.54) is 12.1 Å². The molecule has 9 heteroatoms. The van der Waals surface area contributed by atoms with E-state index in [1.807, 2.05) is 37.3 Å². The lowest BCUT2D eigenvalue weighted by Gasteiger charge is -2.49. The van der Waals surface area contributed by atoms with Gasteiger partial charge >= 0.3 is 6.18 Å². The summed E-state index contributed by atoms with van der Waals surface area (Å²) in [6, 6.07) is 16.3. The molecule has 1 saturated carbocycles. The van der Waals surface area contributed by atoms with Crippen molar-refractivity contribution in [1.82, 2.24) is 19.6 Å². The van der Waals surface area contributed by atoms with Crippen LogP contribution >= 0.6 is 0 Å². The Morgan fingerprint density at radius 2 is 1.70 bits per heavy atom. The van der Waals surface area contributed by atoms with Crippen LogP contribution in [0.25, 0.3) is 39.1 Å². The zero-order valence-electron chi connectivity index (χ0n) is 20.2. The van der Waals surface area contributed by atoms with Gasteiger partial charge in [0.1, 0.15) is 0 Å². The van der Waals surface area contributed by atoms with Crippen molar-refractivity contribution in [2.75, 3.05) is 0 Å². The minimum absolute atomic E-state index is 0.0329. The summed E-state index contributed by atoms with van der Waals surface area (Å²) in [5.74, 6) is 0. The molecule has 3 N–H and O–H groups in total. The van der Waals surface area contributed by atoms with E-state index < -0.39 is 22.9 Å². The van der Waals surface area contributed by atoms with Crippen LogP contribution < -0.4 is 5.73 Å². The number of nitrogens with two attached hydrogens (primary N) is 1. The first-order valence-electron chi connectivity index (χ1n) is 11.9. The molecule has 2 aromatic carbocycles. The van der Waals surface area contributed by atoms with E-state index in [9.17, 15) is 18.3 Å². The summed E-state index contributed by atoms with van der Waals surface area (Å²) in [6.07, 6.45) is -2.07. The highest BCUT2D eigenvalue weighted by molar-refractivity contribution is 5.91. The number of aliphatic hydroxyl groups is 1. The molecule has 188 valence electrons. The quantitative estimate of drug-likeness (QED) is 0.333. The van der Waals surface area contributed by atoms with Gasteiger partial charge in [-0.3, -0.25) is 0 Å². The molecule has 0 amide bonds. The Balaban J connectivity index is 1.58. The minimum atomic E-state index is -4.54. The van der Waals surface area contributed by atoms with E-state index in [0.717, 1.165) is 17.3 Å². The van der Waals surface area contributed by atoms with E-state index in [0.29, 0.717) is 46.3 Å². The van der Waals surface area contributed by atoms with E-state index >= 15 is 0 Å². The number of halogens is 3. The SMILES string of the molecule is Cc1cc2ncc3cc(-c4ccccc4C(F)(F)F)c(-c4ccc([C@]5(N)C[C@](C)(O)C5)cc4)nc3n2n1. The summed E-state index contributed by atoms with van der Waals surface area (Å²) in [7, 11) is 0. The number of benzene rings is 2. The largest absolute Gasteiger partial charge is 0.417 e. The Bertz CT molecular complexity index is 1660. The van der Waals surface area contributed by atoms with Gasteiger partial charge in [0, 0.05) is 34.3 Å². The van der Waals surface area contributed by atoms with E-state index in [-0.39, 0.29) is 5.56 Å². The number of hydrogen-bond donors (Lipinski definition) is 2. The van der Waals surface area contributed by atoms with Crippen LogP contribution in [0, 0.1) is 6.92 Å². The van der Waals surface area contributed by atoms with Crippen LogP contribution in [0.3, 0.4) is 0 Å². The number of aryl methyl sites for hydroxylation is 1. The molecule has 5 aromatic rings. The van der Waals surface area contributed by atoms with Gasteiger partial charge in [0.05, 0.1) is 22.6 Å². The van der Waals surface area contributed by atoms with Gasteiger partial charge in [0.2, 0.25) is 0 Å². The molecule has 37 heavy (non-hydrogen) atoms. The Morgan fingerprint density at radius 1 is 1.00 bits per heavy atom. The predicted molar refractivity (Wildman–Crippen MR) is 135 cm³/mol. The topological polar surface area (TPSA) is 89.3 Å². The number of hydrogen-bond acceptors (Lipinski definition) is 5. The highest BCUT2D eigenvalue weighted by atomic mass is 19.4. The van der Waals surface area contributed by atoms with Crippen molar-refractivity contribution in [3.63, 3.8) is 0 Å². The molecule has 0 saturated heterocycles. The van der Waals surface area contributed by atoms with Crippen molar-refractivity contribution in [3.05, 3.63) is 83.7 Å². The molecule has 3 aromatic heterocycles. The minimum Gasteiger partial charge on any atom is -0.390 e. The van der Waals surface area contributed by atoms with Crippen molar-refractivity contribution in [2.45, 2.75) is 44.0 Å². The van der Waals surface area contributed by atoms with Gasteiger partial charge in [-0.05, 0) is 49.9 Å². The first kappa shape index (κ1) is 23.6. The summed E-state index contributed by atoms with van der Waals surface area (Å²) in [6.45, 7) is 3.59. The van der Waals surface area contributed by atoms with Gasteiger partial charge in [-0.1, -0.05) is 42.5 Å². The molecule has 0 radical (unpaired) electrons. The highest BCUT2D eigenvalue weighted by Gasteiger charge is 2.49. The lowest BCUT2D eigenvalue weighted by atomic mass is 9.63. The van der Waals surface area contributed by atoms with Gasteiger partial charge in [-0.25, -0.2) is 9.97 Å². The van der Waals surface area contributed by atoms with Crippen LogP contribution in [0.2, 0.25) is 0 Å². The third kappa shape index (κ3) is 3.95. The van der Waals surface area contributed by atoms with Crippen LogP contribution in [0.4, 0.5) is 13.2 Å². The summed E-state index contributed by atoms with van der Waals surface area (Å²) in [5.41, 5.74) is 8.42. The van der Waals surface area contributed by atoms with Gasteiger partial charge in [-0.2, -0.15) is 22.8 Å². The van der Waals surface area contributed by atoms with Crippen LogP contribution in [-0.2, 0) is 11.7 Å². The Morgan fingerprint density at radius 3 is 2.38 bits per heavy atom. The molecule has 1 aliphatic rings. The summed E-state index contributed by atoms with van der Waals surface area (Å²) >= 11 is 0. The van der Waals surface area contributed by atoms with Crippen molar-refractivity contribution >= 4 is 16.7 Å². The first-order valence-corrected chi connectivity index (χ1v) is 11.9. The molecular formula is C28H24F3N5O. The Kier molecular flexibility index (Phi) is 4.99. The third-order valence-corrected chi connectivity index (χ3v) is 7.03. The van der Waals surface area contributed by atoms with E-state index in [2.05, 4.69) is 10.1 Å². The molecule has 3 heterocycles. The molecule has 0 bridgehead atoms. The van der Waals surface area contributed by atoms with Gasteiger partial charge < -0.3 is 10.8 Å². The molecule has 6 nitrogen and oxygen atoms in total.